The molecule has 1 rings (SSSR count). The van der Waals surface area contributed by atoms with Gasteiger partial charge in [0.05, 0.1) is 0 Å². The zero-order valence-electron chi connectivity index (χ0n) is 4.29. The van der Waals surface area contributed by atoms with Crippen LogP contribution >= 0.6 is 0 Å². The molecule has 0 bridgehead atoms. The summed E-state index contributed by atoms with van der Waals surface area (Å²) < 4.78 is 0. The van der Waals surface area contributed by atoms with Crippen molar-refractivity contribution in [3.63, 3.8) is 0 Å². The van der Waals surface area contributed by atoms with Crippen molar-refractivity contribution < 1.29 is 9.82 Å². The molecule has 1 saturated heterocycles. The first-order chi connectivity index (χ1) is 3.84. The fourth-order valence-corrected chi connectivity index (χ4v) is 0.597. The highest BCUT2D eigenvalue weighted by atomic mass is 16.2. The lowest BCUT2D eigenvalue weighted by Gasteiger charge is -2.04. The predicted molar refractivity (Wildman–Crippen MR) is 28.1 cm³/mol. The van der Waals surface area contributed by atoms with Crippen molar-refractivity contribution in [2.45, 2.75) is 0 Å². The summed E-state index contributed by atoms with van der Waals surface area (Å²) in [4.78, 5) is 11.6. The van der Waals surface area contributed by atoms with Gasteiger partial charge in [-0.3, -0.25) is 0 Å². The highest BCUT2D eigenvalue weighted by Crippen LogP contribution is 1.90. The minimum Gasteiger partial charge on any atom is -0.435 e. The SMILES string of the molecule is O=C1NCCN1[B]O. The normalized spacial score (nSPS) is 18.6. The highest BCUT2D eigenvalue weighted by molar-refractivity contribution is 6.27. The highest BCUT2D eigenvalue weighted by Gasteiger charge is 2.18. The summed E-state index contributed by atoms with van der Waals surface area (Å²) in [6, 6.07) is -0.229. The lowest BCUT2D eigenvalue weighted by molar-refractivity contribution is 0.233. The number of hydrogen-bond donors (Lipinski definition) is 2. The second-order valence-electron chi connectivity index (χ2n) is 1.54. The Morgan fingerprint density at radius 1 is 1.88 bits per heavy atom. The molecule has 1 aliphatic heterocycles. The van der Waals surface area contributed by atoms with E-state index in [1.54, 1.807) is 0 Å². The molecule has 2 amide bonds. The molecule has 0 atom stereocenters. The predicted octanol–water partition coefficient (Wildman–Crippen LogP) is -1.46. The molecule has 1 aliphatic rings. The van der Waals surface area contributed by atoms with E-state index in [2.05, 4.69) is 5.32 Å². The van der Waals surface area contributed by atoms with Crippen molar-refractivity contribution in [1.29, 1.82) is 0 Å². The second-order valence-corrected chi connectivity index (χ2v) is 1.54. The van der Waals surface area contributed by atoms with Crippen LogP contribution in [0.3, 0.4) is 0 Å². The van der Waals surface area contributed by atoms with Crippen molar-refractivity contribution in [3.05, 3.63) is 0 Å². The quantitative estimate of drug-likeness (QED) is 0.408. The maximum absolute atomic E-state index is 10.4. The number of carbonyl (C=O) groups is 1. The molecular weight excluding hydrogens is 107 g/mol. The molecular formula is C3H6BN2O2. The zero-order valence-corrected chi connectivity index (χ0v) is 4.29. The summed E-state index contributed by atoms with van der Waals surface area (Å²) in [5.41, 5.74) is 0. The van der Waals surface area contributed by atoms with E-state index in [4.69, 9.17) is 5.02 Å². The van der Waals surface area contributed by atoms with Gasteiger partial charge in [-0.15, -0.1) is 0 Å². The smallest absolute Gasteiger partial charge is 0.435 e. The summed E-state index contributed by atoms with van der Waals surface area (Å²) in [5.74, 6) is 0. The Kier molecular flexibility index (Phi) is 1.39. The van der Waals surface area contributed by atoms with E-state index in [0.29, 0.717) is 13.1 Å². The van der Waals surface area contributed by atoms with Gasteiger partial charge in [-0.05, 0) is 0 Å². The average Bonchev–Trinajstić information content (AvgIpc) is 2.14. The van der Waals surface area contributed by atoms with Crippen LogP contribution in [0.25, 0.3) is 0 Å². The lowest BCUT2D eigenvalue weighted by atomic mass is 10.2. The molecule has 0 aromatic heterocycles. The molecule has 1 fully saturated rings. The van der Waals surface area contributed by atoms with Crippen LogP contribution in [0.4, 0.5) is 4.79 Å². The van der Waals surface area contributed by atoms with Gasteiger partial charge in [-0.25, -0.2) is 4.79 Å². The maximum atomic E-state index is 10.4. The number of hydrogen-bond acceptors (Lipinski definition) is 2. The van der Waals surface area contributed by atoms with E-state index in [0.717, 1.165) is 7.62 Å². The first-order valence-electron chi connectivity index (χ1n) is 2.36. The van der Waals surface area contributed by atoms with Crippen LogP contribution in [-0.2, 0) is 0 Å². The Labute approximate surface area is 47.8 Å². The van der Waals surface area contributed by atoms with Crippen molar-refractivity contribution >= 4 is 13.6 Å². The van der Waals surface area contributed by atoms with Crippen LogP contribution in [0.1, 0.15) is 0 Å². The van der Waals surface area contributed by atoms with Crippen LogP contribution in [0.2, 0.25) is 0 Å². The van der Waals surface area contributed by atoms with Crippen LogP contribution < -0.4 is 5.32 Å². The molecule has 0 spiro atoms. The average molecular weight is 113 g/mol. The van der Waals surface area contributed by atoms with Gasteiger partial charge in [-0.2, -0.15) is 0 Å². The molecule has 0 aliphatic carbocycles. The van der Waals surface area contributed by atoms with Gasteiger partial charge in [-0.1, -0.05) is 0 Å². The van der Waals surface area contributed by atoms with Crippen LogP contribution in [0, 0.1) is 0 Å². The third kappa shape index (κ3) is 0.766. The molecule has 0 unspecified atom stereocenters. The van der Waals surface area contributed by atoms with E-state index in [1.807, 2.05) is 0 Å². The van der Waals surface area contributed by atoms with Gasteiger partial charge in [0, 0.05) is 13.1 Å². The summed E-state index contributed by atoms with van der Waals surface area (Å²) in [5, 5.41) is 10.8. The Balaban J connectivity index is 2.42. The fraction of sp³-hybridized carbons (Fsp3) is 0.667. The maximum Gasteiger partial charge on any atom is 0.439 e. The Bertz CT molecular complexity index is 107. The van der Waals surface area contributed by atoms with Crippen LogP contribution in [0.15, 0.2) is 0 Å². The third-order valence-electron chi connectivity index (χ3n) is 1.03. The minimum absolute atomic E-state index is 0.229. The minimum atomic E-state index is -0.229. The van der Waals surface area contributed by atoms with E-state index in [-0.39, 0.29) is 6.03 Å². The van der Waals surface area contributed by atoms with Gasteiger partial charge >= 0.3 is 13.6 Å². The number of amides is 2. The van der Waals surface area contributed by atoms with Crippen molar-refractivity contribution in [2.75, 3.05) is 13.1 Å². The second kappa shape index (κ2) is 2.04. The van der Waals surface area contributed by atoms with Crippen LogP contribution in [-0.4, -0.2) is 36.6 Å². The molecule has 4 nitrogen and oxygen atoms in total. The first kappa shape index (κ1) is 5.43. The van der Waals surface area contributed by atoms with Gasteiger partial charge in [0.25, 0.3) is 0 Å². The summed E-state index contributed by atoms with van der Waals surface area (Å²) in [7, 11) is 0.780. The molecule has 8 heavy (non-hydrogen) atoms. The summed E-state index contributed by atoms with van der Waals surface area (Å²) in [6.07, 6.45) is 0. The number of carbonyl (C=O) groups excluding carboxylic acids is 1. The zero-order chi connectivity index (χ0) is 5.98. The number of nitrogens with one attached hydrogen (secondary N) is 1. The van der Waals surface area contributed by atoms with Crippen molar-refractivity contribution in [2.24, 2.45) is 0 Å². The topological polar surface area (TPSA) is 52.6 Å². The number of nitrogens with zero attached hydrogens (tertiary/aromatic N) is 1. The molecule has 0 aromatic rings. The van der Waals surface area contributed by atoms with Gasteiger partial charge in [0.2, 0.25) is 0 Å². The number of urea groups is 1. The molecule has 1 radical (unpaired) electrons. The monoisotopic (exact) mass is 113 g/mol. The van der Waals surface area contributed by atoms with Crippen molar-refractivity contribution in [3.8, 4) is 0 Å². The summed E-state index contributed by atoms with van der Waals surface area (Å²) >= 11 is 0. The van der Waals surface area contributed by atoms with Crippen LogP contribution in [0.5, 0.6) is 0 Å². The standard InChI is InChI=1S/C3H6BN2O2/c7-3-5-1-2-6(3)4-8/h8H,1-2H2,(H,5,7). The van der Waals surface area contributed by atoms with E-state index < -0.39 is 0 Å². The molecule has 43 valence electrons. The van der Waals surface area contributed by atoms with Gasteiger partial charge in [0.1, 0.15) is 0 Å². The first-order valence-corrected chi connectivity index (χ1v) is 2.36. The largest absolute Gasteiger partial charge is 0.439 e. The van der Waals surface area contributed by atoms with E-state index in [1.165, 1.54) is 4.81 Å². The molecule has 2 N–H and O–H groups in total. The third-order valence-corrected chi connectivity index (χ3v) is 1.03. The fourth-order valence-electron chi connectivity index (χ4n) is 0.597. The molecule has 0 aromatic carbocycles. The van der Waals surface area contributed by atoms with Gasteiger partial charge in [0.15, 0.2) is 0 Å². The lowest BCUT2D eigenvalue weighted by Crippen LogP contribution is -2.31. The Hall–Kier alpha value is -0.705. The van der Waals surface area contributed by atoms with Crippen molar-refractivity contribution in [1.82, 2.24) is 10.1 Å². The molecule has 0 saturated carbocycles. The van der Waals surface area contributed by atoms with E-state index in [9.17, 15) is 4.79 Å². The number of rotatable bonds is 1. The molecule has 5 heteroatoms. The Morgan fingerprint density at radius 2 is 2.62 bits per heavy atom. The van der Waals surface area contributed by atoms with E-state index >= 15 is 0 Å². The summed E-state index contributed by atoms with van der Waals surface area (Å²) in [6.45, 7) is 1.19. The van der Waals surface area contributed by atoms with Gasteiger partial charge < -0.3 is 15.2 Å². The molecule has 1 heterocycles. The Morgan fingerprint density at radius 3 is 2.88 bits per heavy atom.